The molecule has 0 aromatic heterocycles. The lowest BCUT2D eigenvalue weighted by Gasteiger charge is -2.41. The predicted molar refractivity (Wildman–Crippen MR) is 200 cm³/mol. The second-order valence-electron chi connectivity index (χ2n) is 15.0. The summed E-state index contributed by atoms with van der Waals surface area (Å²) in [7, 11) is 6.36. The molecule has 1 fully saturated rings. The van der Waals surface area contributed by atoms with E-state index in [4.69, 9.17) is 9.47 Å². The third-order valence-electron chi connectivity index (χ3n) is 10.7. The van der Waals surface area contributed by atoms with Crippen LogP contribution in [-0.2, 0) is 39.9 Å². The van der Waals surface area contributed by atoms with E-state index in [0.29, 0.717) is 25.8 Å². The minimum absolute atomic E-state index is 0.00844. The summed E-state index contributed by atoms with van der Waals surface area (Å²) in [6, 6.07) is 2.18. The third-order valence-corrected chi connectivity index (χ3v) is 10.7. The molecule has 4 N–H and O–H groups in total. The van der Waals surface area contributed by atoms with Crippen LogP contribution in [0, 0.1) is 29.5 Å². The quantitative estimate of drug-likeness (QED) is 0.148. The van der Waals surface area contributed by atoms with Gasteiger partial charge in [0.1, 0.15) is 17.9 Å². The topological polar surface area (TPSA) is 167 Å². The number of hydrogen-bond donors (Lipinski definition) is 4. The standard InChI is InChI=1S/C39H64FN5O8/c1-12-24(6)34(44(9)38(49)33(23(4)5)43-37(48)32(41-8)22(2)3)30(52-10)21-31(46)45-19-15-18-29(45)35(53-11)25(7)36(47)42-28(39(50)51)20-26-16-13-14-17-27(26)40/h13-14,16-17,22-25,28-30,32-35,41H,12,15,18-21H2,1-11H3,(H,42,47)(H,43,48)(H,50,51)/t24-,25+,28-,29-,30+,32-,33-,34-,35+/m0/s1. The lowest BCUT2D eigenvalue weighted by atomic mass is 9.89. The van der Waals surface area contributed by atoms with E-state index in [0.717, 1.165) is 0 Å². The number of likely N-dealkylation sites (tertiary alicyclic amines) is 1. The van der Waals surface area contributed by atoms with Gasteiger partial charge >= 0.3 is 5.97 Å². The molecule has 0 bridgehead atoms. The highest BCUT2D eigenvalue weighted by Gasteiger charge is 2.43. The molecule has 1 aliphatic rings. The van der Waals surface area contributed by atoms with Crippen LogP contribution in [0.2, 0.25) is 0 Å². The van der Waals surface area contributed by atoms with Crippen LogP contribution in [0.3, 0.4) is 0 Å². The Morgan fingerprint density at radius 3 is 2.09 bits per heavy atom. The molecule has 1 aromatic carbocycles. The highest BCUT2D eigenvalue weighted by molar-refractivity contribution is 5.90. The van der Waals surface area contributed by atoms with Gasteiger partial charge in [-0.3, -0.25) is 19.2 Å². The van der Waals surface area contributed by atoms with Gasteiger partial charge in [-0.05, 0) is 49.3 Å². The first-order chi connectivity index (χ1) is 24.9. The van der Waals surface area contributed by atoms with E-state index in [-0.39, 0.29) is 53.9 Å². The van der Waals surface area contributed by atoms with Gasteiger partial charge in [-0.15, -0.1) is 0 Å². The number of carbonyl (C=O) groups is 5. The summed E-state index contributed by atoms with van der Waals surface area (Å²) in [6.07, 6.45) is 0.190. The van der Waals surface area contributed by atoms with E-state index in [9.17, 15) is 33.5 Å². The summed E-state index contributed by atoms with van der Waals surface area (Å²) in [6.45, 7) is 13.7. The first kappa shape index (κ1) is 45.5. The molecule has 53 heavy (non-hydrogen) atoms. The van der Waals surface area contributed by atoms with Gasteiger partial charge in [0.2, 0.25) is 23.6 Å². The van der Waals surface area contributed by atoms with Crippen molar-refractivity contribution in [2.45, 2.75) is 123 Å². The van der Waals surface area contributed by atoms with Crippen LogP contribution in [0.1, 0.15) is 79.7 Å². The van der Waals surface area contributed by atoms with Crippen LogP contribution >= 0.6 is 0 Å². The summed E-state index contributed by atoms with van der Waals surface area (Å²) in [5.41, 5.74) is 0.164. The SMILES string of the molecule is CC[C@H](C)[C@@H]([C@@H](CC(=O)N1CCC[C@H]1[C@H](OC)[C@@H](C)C(=O)N[C@@H](Cc1ccccc1F)C(=O)O)OC)N(C)C(=O)[C@@H](NC(=O)[C@@H](NC)C(C)C)C(C)C. The number of amides is 4. The summed E-state index contributed by atoms with van der Waals surface area (Å²) < 4.78 is 26.1. The molecule has 0 radical (unpaired) electrons. The van der Waals surface area contributed by atoms with Crippen LogP contribution in [0.15, 0.2) is 24.3 Å². The largest absolute Gasteiger partial charge is 0.480 e. The molecule has 0 unspecified atom stereocenters. The Balaban J connectivity index is 2.27. The van der Waals surface area contributed by atoms with Gasteiger partial charge in [0.05, 0.1) is 42.7 Å². The Kier molecular flexibility index (Phi) is 18.3. The molecule has 300 valence electrons. The molecule has 1 aromatic rings. The van der Waals surface area contributed by atoms with Crippen molar-refractivity contribution in [2.75, 3.05) is 34.9 Å². The summed E-state index contributed by atoms with van der Waals surface area (Å²) in [4.78, 5) is 70.2. The Bertz CT molecular complexity index is 1380. The normalized spacial score (nSPS) is 19.1. The number of nitrogens with zero attached hydrogens (tertiary/aromatic N) is 2. The first-order valence-electron chi connectivity index (χ1n) is 18.8. The van der Waals surface area contributed by atoms with Crippen LogP contribution in [-0.4, -0.2) is 122 Å². The van der Waals surface area contributed by atoms with E-state index in [1.165, 1.54) is 32.4 Å². The molecule has 1 saturated heterocycles. The van der Waals surface area contributed by atoms with Gasteiger partial charge in [0.15, 0.2) is 0 Å². The molecule has 0 aliphatic carbocycles. The fourth-order valence-corrected chi connectivity index (χ4v) is 7.44. The fourth-order valence-electron chi connectivity index (χ4n) is 7.44. The fraction of sp³-hybridized carbons (Fsp3) is 0.718. The van der Waals surface area contributed by atoms with Crippen molar-refractivity contribution in [3.05, 3.63) is 35.6 Å². The predicted octanol–water partition coefficient (Wildman–Crippen LogP) is 3.24. The minimum atomic E-state index is -1.37. The van der Waals surface area contributed by atoms with E-state index < -0.39 is 66.0 Å². The maximum Gasteiger partial charge on any atom is 0.326 e. The van der Waals surface area contributed by atoms with E-state index in [1.807, 2.05) is 41.5 Å². The Morgan fingerprint density at radius 1 is 0.962 bits per heavy atom. The number of halogens is 1. The van der Waals surface area contributed by atoms with Gasteiger partial charge in [0, 0.05) is 34.2 Å². The molecule has 13 nitrogen and oxygen atoms in total. The zero-order valence-corrected chi connectivity index (χ0v) is 33.5. The molecule has 0 saturated carbocycles. The van der Waals surface area contributed by atoms with Crippen LogP contribution < -0.4 is 16.0 Å². The van der Waals surface area contributed by atoms with E-state index >= 15 is 0 Å². The average molecular weight is 750 g/mol. The van der Waals surface area contributed by atoms with Gasteiger partial charge in [0.25, 0.3) is 0 Å². The smallest absolute Gasteiger partial charge is 0.326 e. The van der Waals surface area contributed by atoms with Gasteiger partial charge in [-0.2, -0.15) is 0 Å². The molecule has 2 rings (SSSR count). The van der Waals surface area contributed by atoms with Crippen molar-refractivity contribution in [3.63, 3.8) is 0 Å². The van der Waals surface area contributed by atoms with Crippen LogP contribution in [0.25, 0.3) is 0 Å². The molecular formula is C39H64FN5O8. The Labute approximate surface area is 315 Å². The summed E-state index contributed by atoms with van der Waals surface area (Å²) >= 11 is 0. The average Bonchev–Trinajstić information content (AvgIpc) is 3.60. The molecule has 0 spiro atoms. The number of hydrogen-bond acceptors (Lipinski definition) is 8. The van der Waals surface area contributed by atoms with E-state index in [2.05, 4.69) is 16.0 Å². The van der Waals surface area contributed by atoms with Crippen LogP contribution in [0.4, 0.5) is 4.39 Å². The van der Waals surface area contributed by atoms with Gasteiger partial charge in [-0.1, -0.05) is 73.1 Å². The maximum absolute atomic E-state index is 14.3. The molecule has 1 aliphatic heterocycles. The van der Waals surface area contributed by atoms with E-state index in [1.54, 1.807) is 36.9 Å². The lowest BCUT2D eigenvalue weighted by molar-refractivity contribution is -0.148. The molecule has 14 heteroatoms. The number of benzene rings is 1. The second kappa shape index (κ2) is 21.3. The van der Waals surface area contributed by atoms with Crippen molar-refractivity contribution in [3.8, 4) is 0 Å². The zero-order chi connectivity index (χ0) is 40.2. The number of ether oxygens (including phenoxy) is 2. The van der Waals surface area contributed by atoms with Crippen molar-refractivity contribution >= 4 is 29.6 Å². The van der Waals surface area contributed by atoms with Crippen molar-refractivity contribution in [1.82, 2.24) is 25.8 Å². The number of aliphatic carboxylic acids is 1. The molecular weight excluding hydrogens is 685 g/mol. The molecule has 1 heterocycles. The number of carboxylic acids is 1. The van der Waals surface area contributed by atoms with Crippen molar-refractivity contribution in [2.24, 2.45) is 23.7 Å². The summed E-state index contributed by atoms with van der Waals surface area (Å²) in [5.74, 6) is -4.34. The summed E-state index contributed by atoms with van der Waals surface area (Å²) in [5, 5.41) is 18.4. The Morgan fingerprint density at radius 2 is 1.58 bits per heavy atom. The second-order valence-corrected chi connectivity index (χ2v) is 15.0. The highest BCUT2D eigenvalue weighted by atomic mass is 19.1. The first-order valence-corrected chi connectivity index (χ1v) is 18.8. The monoisotopic (exact) mass is 749 g/mol. The maximum atomic E-state index is 14.3. The molecule has 9 atom stereocenters. The number of rotatable bonds is 21. The number of likely N-dealkylation sites (N-methyl/N-ethyl adjacent to an activating group) is 2. The Hall–Kier alpha value is -3.62. The number of nitrogens with one attached hydrogen (secondary N) is 3. The van der Waals surface area contributed by atoms with Crippen molar-refractivity contribution < 1.29 is 42.9 Å². The minimum Gasteiger partial charge on any atom is -0.480 e. The number of carboxylic acid groups (broad SMARTS) is 1. The molecule has 4 amide bonds. The number of carbonyl (C=O) groups excluding carboxylic acids is 4. The highest BCUT2D eigenvalue weighted by Crippen LogP contribution is 2.30. The zero-order valence-electron chi connectivity index (χ0n) is 33.5. The van der Waals surface area contributed by atoms with Gasteiger partial charge in [-0.25, -0.2) is 9.18 Å². The lowest BCUT2D eigenvalue weighted by Crippen LogP contribution is -2.59. The van der Waals surface area contributed by atoms with Crippen LogP contribution in [0.5, 0.6) is 0 Å². The number of methoxy groups -OCH3 is 2. The van der Waals surface area contributed by atoms with Crippen molar-refractivity contribution in [1.29, 1.82) is 0 Å². The third kappa shape index (κ3) is 11.9. The van der Waals surface area contributed by atoms with Gasteiger partial charge < -0.3 is 40.3 Å².